The van der Waals surface area contributed by atoms with Crippen LogP contribution in [0.2, 0.25) is 0 Å². The molecule has 1 aromatic rings. The summed E-state index contributed by atoms with van der Waals surface area (Å²) in [5.74, 6) is 2.88. The molecule has 1 N–H and O–H groups in total. The standard InChI is InChI=1S/C20H31N5O/c1-13-9-17(15-5-4-6-15)23-20(21-13)25-10-16(14-7-8-14)18(11-25)22-19(26)12-24(2)3/h9,14-16,18H,4-8,10-12H2,1-3H3,(H,22,26). The summed E-state index contributed by atoms with van der Waals surface area (Å²) in [6, 6.07) is 2.36. The first-order valence-corrected chi connectivity index (χ1v) is 10.0. The highest BCUT2D eigenvalue weighted by molar-refractivity contribution is 5.78. The first kappa shape index (κ1) is 17.7. The van der Waals surface area contributed by atoms with Gasteiger partial charge in [-0.05, 0) is 58.7 Å². The first-order valence-electron chi connectivity index (χ1n) is 10.0. The maximum Gasteiger partial charge on any atom is 0.234 e. The Kier molecular flexibility index (Phi) is 4.86. The smallest absolute Gasteiger partial charge is 0.234 e. The Morgan fingerprint density at radius 1 is 1.23 bits per heavy atom. The van der Waals surface area contributed by atoms with Gasteiger partial charge < -0.3 is 15.1 Å². The number of hydrogen-bond donors (Lipinski definition) is 1. The first-order chi connectivity index (χ1) is 12.5. The zero-order valence-corrected chi connectivity index (χ0v) is 16.2. The van der Waals surface area contributed by atoms with Crippen molar-refractivity contribution in [3.05, 3.63) is 17.5 Å². The third-order valence-electron chi connectivity index (χ3n) is 6.07. The van der Waals surface area contributed by atoms with E-state index >= 15 is 0 Å². The quantitative estimate of drug-likeness (QED) is 0.843. The Bertz CT molecular complexity index is 668. The number of likely N-dealkylation sites (N-methyl/N-ethyl adjacent to an activating group) is 1. The number of amides is 1. The second-order valence-electron chi connectivity index (χ2n) is 8.68. The van der Waals surface area contributed by atoms with Crippen LogP contribution < -0.4 is 10.2 Å². The normalized spacial score (nSPS) is 26.2. The molecule has 0 aromatic carbocycles. The molecule has 4 rings (SSSR count). The number of carbonyl (C=O) groups is 1. The second kappa shape index (κ2) is 7.14. The third kappa shape index (κ3) is 3.85. The van der Waals surface area contributed by atoms with E-state index in [2.05, 4.69) is 23.2 Å². The van der Waals surface area contributed by atoms with E-state index in [9.17, 15) is 4.79 Å². The molecule has 2 unspecified atom stereocenters. The number of aryl methyl sites for hydroxylation is 1. The van der Waals surface area contributed by atoms with Gasteiger partial charge in [0, 0.05) is 36.3 Å². The predicted molar refractivity (Wildman–Crippen MR) is 102 cm³/mol. The largest absolute Gasteiger partial charge is 0.350 e. The lowest BCUT2D eigenvalue weighted by molar-refractivity contribution is -0.122. The van der Waals surface area contributed by atoms with Gasteiger partial charge >= 0.3 is 0 Å². The number of anilines is 1. The highest BCUT2D eigenvalue weighted by Crippen LogP contribution is 2.42. The maximum atomic E-state index is 12.3. The van der Waals surface area contributed by atoms with Gasteiger partial charge in [0.05, 0.1) is 12.6 Å². The molecule has 1 aromatic heterocycles. The highest BCUT2D eigenvalue weighted by Gasteiger charge is 2.44. The lowest BCUT2D eigenvalue weighted by Gasteiger charge is -2.26. The van der Waals surface area contributed by atoms with E-state index in [0.717, 1.165) is 30.6 Å². The van der Waals surface area contributed by atoms with Gasteiger partial charge in [-0.2, -0.15) is 0 Å². The van der Waals surface area contributed by atoms with Crippen molar-refractivity contribution in [2.75, 3.05) is 38.6 Å². The van der Waals surface area contributed by atoms with E-state index in [4.69, 9.17) is 9.97 Å². The molecular weight excluding hydrogens is 326 g/mol. The van der Waals surface area contributed by atoms with Gasteiger partial charge in [-0.3, -0.25) is 4.79 Å². The molecule has 6 heteroatoms. The van der Waals surface area contributed by atoms with Crippen molar-refractivity contribution < 1.29 is 4.79 Å². The van der Waals surface area contributed by atoms with Crippen molar-refractivity contribution >= 4 is 11.9 Å². The lowest BCUT2D eigenvalue weighted by Crippen LogP contribution is -2.44. The van der Waals surface area contributed by atoms with Gasteiger partial charge in [0.25, 0.3) is 0 Å². The van der Waals surface area contributed by atoms with Crippen molar-refractivity contribution in [1.29, 1.82) is 0 Å². The maximum absolute atomic E-state index is 12.3. The molecule has 1 aliphatic heterocycles. The molecule has 0 spiro atoms. The van der Waals surface area contributed by atoms with Crippen molar-refractivity contribution in [3.63, 3.8) is 0 Å². The molecule has 2 heterocycles. The topological polar surface area (TPSA) is 61.4 Å². The van der Waals surface area contributed by atoms with Gasteiger partial charge in [-0.1, -0.05) is 6.42 Å². The van der Waals surface area contributed by atoms with Crippen LogP contribution in [0.25, 0.3) is 0 Å². The average Bonchev–Trinajstić information content (AvgIpc) is 3.25. The molecule has 3 fully saturated rings. The molecule has 6 nitrogen and oxygen atoms in total. The minimum Gasteiger partial charge on any atom is -0.350 e. The number of nitrogens with zero attached hydrogens (tertiary/aromatic N) is 4. The molecule has 1 amide bonds. The second-order valence-corrected chi connectivity index (χ2v) is 8.68. The van der Waals surface area contributed by atoms with Crippen LogP contribution in [0.3, 0.4) is 0 Å². The zero-order chi connectivity index (χ0) is 18.3. The zero-order valence-electron chi connectivity index (χ0n) is 16.2. The Morgan fingerprint density at radius 2 is 2.00 bits per heavy atom. The van der Waals surface area contributed by atoms with E-state index in [1.54, 1.807) is 0 Å². The van der Waals surface area contributed by atoms with Gasteiger partial charge in [-0.25, -0.2) is 9.97 Å². The summed E-state index contributed by atoms with van der Waals surface area (Å²) in [4.78, 5) is 26.1. The van der Waals surface area contributed by atoms with Crippen LogP contribution in [0.1, 0.15) is 49.4 Å². The number of carbonyl (C=O) groups excluding carboxylic acids is 1. The number of rotatable bonds is 6. The van der Waals surface area contributed by atoms with E-state index in [-0.39, 0.29) is 11.9 Å². The minimum atomic E-state index is 0.118. The van der Waals surface area contributed by atoms with Crippen molar-refractivity contribution in [3.8, 4) is 0 Å². The van der Waals surface area contributed by atoms with Crippen LogP contribution >= 0.6 is 0 Å². The molecule has 3 aliphatic rings. The van der Waals surface area contributed by atoms with Crippen LogP contribution in [-0.2, 0) is 4.79 Å². The molecular formula is C20H31N5O. The molecule has 2 aliphatic carbocycles. The van der Waals surface area contributed by atoms with Crippen LogP contribution in [0.4, 0.5) is 5.95 Å². The summed E-state index contributed by atoms with van der Waals surface area (Å²) in [5, 5.41) is 3.28. The van der Waals surface area contributed by atoms with Crippen molar-refractivity contribution in [2.24, 2.45) is 11.8 Å². The van der Waals surface area contributed by atoms with E-state index < -0.39 is 0 Å². The fraction of sp³-hybridized carbons (Fsp3) is 0.750. The summed E-state index contributed by atoms with van der Waals surface area (Å²) < 4.78 is 0. The molecule has 2 saturated carbocycles. The Hall–Kier alpha value is -1.69. The van der Waals surface area contributed by atoms with Gasteiger partial charge in [0.1, 0.15) is 0 Å². The van der Waals surface area contributed by atoms with E-state index in [1.165, 1.54) is 37.8 Å². The van der Waals surface area contributed by atoms with Crippen LogP contribution in [0.15, 0.2) is 6.07 Å². The Morgan fingerprint density at radius 3 is 2.62 bits per heavy atom. The highest BCUT2D eigenvalue weighted by atomic mass is 16.2. The number of aromatic nitrogens is 2. The van der Waals surface area contributed by atoms with Crippen LogP contribution in [-0.4, -0.2) is 60.5 Å². The van der Waals surface area contributed by atoms with Gasteiger partial charge in [-0.15, -0.1) is 0 Å². The Balaban J connectivity index is 1.49. The molecule has 2 atom stereocenters. The summed E-state index contributed by atoms with van der Waals surface area (Å²) in [5.41, 5.74) is 2.27. The summed E-state index contributed by atoms with van der Waals surface area (Å²) in [6.07, 6.45) is 6.41. The number of hydrogen-bond acceptors (Lipinski definition) is 5. The average molecular weight is 358 g/mol. The van der Waals surface area contributed by atoms with E-state index in [1.807, 2.05) is 19.0 Å². The molecule has 0 bridgehead atoms. The van der Waals surface area contributed by atoms with Crippen molar-refractivity contribution in [1.82, 2.24) is 20.2 Å². The van der Waals surface area contributed by atoms with E-state index in [0.29, 0.717) is 18.4 Å². The fourth-order valence-corrected chi connectivity index (χ4v) is 4.32. The summed E-state index contributed by atoms with van der Waals surface area (Å²) in [7, 11) is 3.86. The monoisotopic (exact) mass is 357 g/mol. The number of nitrogens with one attached hydrogen (secondary N) is 1. The van der Waals surface area contributed by atoms with Crippen molar-refractivity contribution in [2.45, 2.75) is 51.0 Å². The minimum absolute atomic E-state index is 0.118. The Labute approximate surface area is 156 Å². The molecule has 26 heavy (non-hydrogen) atoms. The molecule has 0 radical (unpaired) electrons. The molecule has 142 valence electrons. The SMILES string of the molecule is Cc1cc(C2CCC2)nc(N2CC(NC(=O)CN(C)C)C(C3CC3)C2)n1. The van der Waals surface area contributed by atoms with Crippen LogP contribution in [0, 0.1) is 18.8 Å². The fourth-order valence-electron chi connectivity index (χ4n) is 4.32. The van der Waals surface area contributed by atoms with Gasteiger partial charge in [0.2, 0.25) is 11.9 Å². The molecule has 1 saturated heterocycles. The third-order valence-corrected chi connectivity index (χ3v) is 6.07. The van der Waals surface area contributed by atoms with Gasteiger partial charge in [0.15, 0.2) is 0 Å². The summed E-state index contributed by atoms with van der Waals surface area (Å²) in [6.45, 7) is 4.30. The summed E-state index contributed by atoms with van der Waals surface area (Å²) >= 11 is 0. The predicted octanol–water partition coefficient (Wildman–Crippen LogP) is 1.95. The van der Waals surface area contributed by atoms with Crippen LogP contribution in [0.5, 0.6) is 0 Å². The lowest BCUT2D eigenvalue weighted by atomic mass is 9.83.